The number of para-hydroxylation sites is 2. The fourth-order valence-electron chi connectivity index (χ4n) is 5.19. The number of carboxylic acids is 1. The molecule has 168 valence electrons. The molecule has 0 spiro atoms. The van der Waals surface area contributed by atoms with Gasteiger partial charge in [0.05, 0.1) is 42.4 Å². The first-order chi connectivity index (χ1) is 15.5. The highest BCUT2D eigenvalue weighted by Crippen LogP contribution is 2.45. The molecule has 32 heavy (non-hydrogen) atoms. The molecule has 0 radical (unpaired) electrons. The van der Waals surface area contributed by atoms with Crippen molar-refractivity contribution in [2.75, 3.05) is 17.7 Å². The van der Waals surface area contributed by atoms with Crippen LogP contribution in [0.4, 0.5) is 10.7 Å². The van der Waals surface area contributed by atoms with Crippen molar-refractivity contribution in [1.29, 1.82) is 0 Å². The summed E-state index contributed by atoms with van der Waals surface area (Å²) in [6, 6.07) is 7.14. The number of hydrogen-bond acceptors (Lipinski definition) is 6. The predicted octanol–water partition coefficient (Wildman–Crippen LogP) is 3.31. The lowest BCUT2D eigenvalue weighted by Crippen LogP contribution is -2.41. The second kappa shape index (κ2) is 8.22. The molecule has 8 nitrogen and oxygen atoms in total. The van der Waals surface area contributed by atoms with Crippen LogP contribution in [0, 0.1) is 11.8 Å². The molecule has 2 amide bonds. The quantitative estimate of drug-likeness (QED) is 0.615. The number of amides is 2. The Labute approximate surface area is 188 Å². The molecule has 5 rings (SSSR count). The van der Waals surface area contributed by atoms with Crippen LogP contribution in [0.25, 0.3) is 0 Å². The minimum Gasteiger partial charge on any atom is -0.495 e. The molecule has 0 saturated carbocycles. The Hall–Kier alpha value is -2.91. The number of aliphatic carboxylic acids is 1. The number of hydrogen-bond donors (Lipinski definition) is 3. The first-order valence-corrected chi connectivity index (χ1v) is 11.6. The molecule has 3 heterocycles. The second-order valence-corrected chi connectivity index (χ2v) is 9.49. The van der Waals surface area contributed by atoms with Crippen LogP contribution in [0.2, 0.25) is 0 Å². The van der Waals surface area contributed by atoms with Crippen molar-refractivity contribution in [3.63, 3.8) is 0 Å². The number of rotatable bonds is 6. The molecule has 2 bridgehead atoms. The van der Waals surface area contributed by atoms with E-state index in [1.807, 2.05) is 6.07 Å². The molecule has 1 aliphatic carbocycles. The van der Waals surface area contributed by atoms with Crippen molar-refractivity contribution in [2.24, 2.45) is 11.8 Å². The van der Waals surface area contributed by atoms with Crippen molar-refractivity contribution in [3.8, 4) is 5.75 Å². The highest BCUT2D eigenvalue weighted by molar-refractivity contribution is 7.17. The van der Waals surface area contributed by atoms with Gasteiger partial charge in [-0.25, -0.2) is 0 Å². The number of aryl methyl sites for hydroxylation is 1. The van der Waals surface area contributed by atoms with Gasteiger partial charge in [0.25, 0.3) is 5.91 Å². The van der Waals surface area contributed by atoms with Crippen LogP contribution >= 0.6 is 11.3 Å². The average molecular weight is 457 g/mol. The van der Waals surface area contributed by atoms with Crippen LogP contribution in [0.5, 0.6) is 5.75 Å². The van der Waals surface area contributed by atoms with E-state index in [0.717, 1.165) is 29.7 Å². The fraction of sp³-hybridized carbons (Fsp3) is 0.435. The largest absolute Gasteiger partial charge is 0.495 e. The molecule has 2 fully saturated rings. The molecular weight excluding hydrogens is 432 g/mol. The number of carbonyl (C=O) groups excluding carboxylic acids is 2. The van der Waals surface area contributed by atoms with Gasteiger partial charge in [-0.2, -0.15) is 0 Å². The monoisotopic (exact) mass is 456 g/mol. The maximum atomic E-state index is 13.3. The van der Waals surface area contributed by atoms with E-state index in [4.69, 9.17) is 9.47 Å². The number of carboxylic acid groups (broad SMARTS) is 1. The van der Waals surface area contributed by atoms with E-state index < -0.39 is 35.9 Å². The van der Waals surface area contributed by atoms with E-state index in [-0.39, 0.29) is 5.91 Å². The minimum absolute atomic E-state index is 0.317. The lowest BCUT2D eigenvalue weighted by molar-refractivity contribution is -0.147. The van der Waals surface area contributed by atoms with Gasteiger partial charge in [0.1, 0.15) is 10.8 Å². The summed E-state index contributed by atoms with van der Waals surface area (Å²) in [5.41, 5.74) is 1.96. The molecule has 2 saturated heterocycles. The number of carbonyl (C=O) groups is 3. The third-order valence-electron chi connectivity index (χ3n) is 6.60. The molecule has 4 atom stereocenters. The van der Waals surface area contributed by atoms with Gasteiger partial charge in [0.2, 0.25) is 5.91 Å². The maximum Gasteiger partial charge on any atom is 0.310 e. The van der Waals surface area contributed by atoms with Crippen LogP contribution in [0.3, 0.4) is 0 Å². The molecule has 3 N–H and O–H groups in total. The van der Waals surface area contributed by atoms with Crippen LogP contribution < -0.4 is 15.4 Å². The highest BCUT2D eigenvalue weighted by Gasteiger charge is 2.55. The highest BCUT2D eigenvalue weighted by atomic mass is 32.1. The lowest BCUT2D eigenvalue weighted by Gasteiger charge is -2.23. The Balaban J connectivity index is 1.42. The number of methoxy groups -OCH3 is 1. The molecule has 3 aliphatic rings. The summed E-state index contributed by atoms with van der Waals surface area (Å²) in [6.45, 7) is 0. The van der Waals surface area contributed by atoms with E-state index in [2.05, 4.69) is 10.6 Å². The van der Waals surface area contributed by atoms with Crippen LogP contribution in [-0.2, 0) is 27.2 Å². The number of anilines is 2. The van der Waals surface area contributed by atoms with Crippen molar-refractivity contribution < 1.29 is 29.0 Å². The topological polar surface area (TPSA) is 114 Å². The number of nitrogens with one attached hydrogen (secondary N) is 2. The van der Waals surface area contributed by atoms with Gasteiger partial charge < -0.3 is 25.2 Å². The summed E-state index contributed by atoms with van der Waals surface area (Å²) in [5, 5.41) is 15.9. The Morgan fingerprint density at radius 1 is 1.09 bits per heavy atom. The fourth-order valence-corrected chi connectivity index (χ4v) is 6.47. The maximum absolute atomic E-state index is 13.3. The van der Waals surface area contributed by atoms with Gasteiger partial charge in [-0.1, -0.05) is 12.1 Å². The Bertz CT molecular complexity index is 1100. The smallest absolute Gasteiger partial charge is 0.310 e. The Morgan fingerprint density at radius 2 is 1.84 bits per heavy atom. The van der Waals surface area contributed by atoms with E-state index in [9.17, 15) is 19.5 Å². The lowest BCUT2D eigenvalue weighted by atomic mass is 9.79. The van der Waals surface area contributed by atoms with Crippen LogP contribution in [0.15, 0.2) is 24.3 Å². The summed E-state index contributed by atoms with van der Waals surface area (Å²) in [7, 11) is 1.54. The standard InChI is InChI=1S/C23H24N2O6S/c1-30-13-7-3-2-6-12(13)24-20(26)17-11-5-4-8-16(11)32-22(17)25-21(27)18-14-9-10-15(31-14)19(18)23(28)29/h2-3,6-7,14-15,18-19H,4-5,8-10H2,1H3,(H,24,26)(H,25,27)(H,28,29)/t14-,15-,18+,19-/m1/s1. The molecule has 1 aromatic heterocycles. The van der Waals surface area contributed by atoms with Gasteiger partial charge in [-0.15, -0.1) is 11.3 Å². The Morgan fingerprint density at radius 3 is 2.59 bits per heavy atom. The number of ether oxygens (including phenoxy) is 2. The zero-order valence-electron chi connectivity index (χ0n) is 17.6. The van der Waals surface area contributed by atoms with Gasteiger partial charge in [-0.05, 0) is 49.8 Å². The third kappa shape index (κ3) is 3.45. The molecule has 1 aromatic carbocycles. The third-order valence-corrected chi connectivity index (χ3v) is 7.81. The van der Waals surface area contributed by atoms with Crippen LogP contribution in [-0.4, -0.2) is 42.2 Å². The number of fused-ring (bicyclic) bond motifs is 3. The molecule has 2 aliphatic heterocycles. The second-order valence-electron chi connectivity index (χ2n) is 8.39. The molecule has 9 heteroatoms. The molecule has 2 aromatic rings. The van der Waals surface area contributed by atoms with Crippen molar-refractivity contribution >= 4 is 39.8 Å². The first kappa shape index (κ1) is 21.0. The summed E-state index contributed by atoms with van der Waals surface area (Å²) in [5.74, 6) is -2.79. The molecular formula is C23H24N2O6S. The average Bonchev–Trinajstić information content (AvgIpc) is 3.54. The number of benzene rings is 1. The molecule has 0 unspecified atom stereocenters. The summed E-state index contributed by atoms with van der Waals surface area (Å²) in [4.78, 5) is 39.3. The Kier molecular flexibility index (Phi) is 5.38. The van der Waals surface area contributed by atoms with Gasteiger partial charge in [0.15, 0.2) is 0 Å². The van der Waals surface area contributed by atoms with Crippen molar-refractivity contribution in [3.05, 3.63) is 40.3 Å². The first-order valence-electron chi connectivity index (χ1n) is 10.8. The van der Waals surface area contributed by atoms with Gasteiger partial charge >= 0.3 is 5.97 Å². The van der Waals surface area contributed by atoms with Gasteiger partial charge in [-0.3, -0.25) is 14.4 Å². The normalized spacial score (nSPS) is 25.4. The van der Waals surface area contributed by atoms with Crippen molar-refractivity contribution in [1.82, 2.24) is 0 Å². The predicted molar refractivity (Wildman–Crippen MR) is 118 cm³/mol. The summed E-state index contributed by atoms with van der Waals surface area (Å²) < 4.78 is 11.1. The summed E-state index contributed by atoms with van der Waals surface area (Å²) in [6.07, 6.45) is 3.12. The minimum atomic E-state index is -1.01. The van der Waals surface area contributed by atoms with Gasteiger partial charge in [0, 0.05) is 4.88 Å². The van der Waals surface area contributed by atoms with E-state index >= 15 is 0 Å². The van der Waals surface area contributed by atoms with Crippen molar-refractivity contribution in [2.45, 2.75) is 44.3 Å². The van der Waals surface area contributed by atoms with Crippen LogP contribution in [0.1, 0.15) is 40.1 Å². The van der Waals surface area contributed by atoms with E-state index in [1.54, 1.807) is 18.2 Å². The van der Waals surface area contributed by atoms with E-state index in [0.29, 0.717) is 34.8 Å². The number of thiophene rings is 1. The zero-order valence-corrected chi connectivity index (χ0v) is 18.4. The summed E-state index contributed by atoms with van der Waals surface area (Å²) >= 11 is 1.40. The zero-order chi connectivity index (χ0) is 22.4. The van der Waals surface area contributed by atoms with E-state index in [1.165, 1.54) is 18.4 Å². The SMILES string of the molecule is COc1ccccc1NC(=O)c1c(NC(=O)[C@@H]2[C@H](C(=O)O)[C@H]3CC[C@H]2O3)sc2c1CCC2.